The van der Waals surface area contributed by atoms with Gasteiger partial charge in [-0.1, -0.05) is 38.0 Å². The Hall–Kier alpha value is -1.02. The fraction of sp³-hybridized carbons (Fsp3) is 0.625. The Morgan fingerprint density at radius 1 is 1.28 bits per heavy atom. The summed E-state index contributed by atoms with van der Waals surface area (Å²) in [7, 11) is 0. The van der Waals surface area contributed by atoms with Crippen molar-refractivity contribution < 1.29 is 5.11 Å². The molecule has 2 N–H and O–H groups in total. The lowest BCUT2D eigenvalue weighted by molar-refractivity contribution is 0.194. The highest BCUT2D eigenvalue weighted by molar-refractivity contribution is 5.52. The highest BCUT2D eigenvalue weighted by atomic mass is 16.3. The van der Waals surface area contributed by atoms with Crippen molar-refractivity contribution in [2.24, 2.45) is 5.92 Å². The van der Waals surface area contributed by atoms with Crippen LogP contribution in [0.1, 0.15) is 44.6 Å². The Morgan fingerprint density at radius 2 is 2.06 bits per heavy atom. The third kappa shape index (κ3) is 3.05. The predicted molar refractivity (Wildman–Crippen MR) is 76.9 cm³/mol. The molecule has 2 nitrogen and oxygen atoms in total. The summed E-state index contributed by atoms with van der Waals surface area (Å²) < 4.78 is 0. The molecular weight excluding hydrogens is 222 g/mol. The van der Waals surface area contributed by atoms with Gasteiger partial charge in [0, 0.05) is 5.69 Å². The molecule has 1 aromatic rings. The van der Waals surface area contributed by atoms with Gasteiger partial charge in [0.05, 0.1) is 12.1 Å². The summed E-state index contributed by atoms with van der Waals surface area (Å²) in [6, 6.07) is 8.34. The van der Waals surface area contributed by atoms with E-state index in [2.05, 4.69) is 43.4 Å². The SMILES string of the molecule is Cc1ccccc1NC1(CO)CCCC(C)CC1. The monoisotopic (exact) mass is 247 g/mol. The fourth-order valence-corrected chi connectivity index (χ4v) is 2.90. The number of aliphatic hydroxyl groups excluding tert-OH is 1. The zero-order valence-electron chi connectivity index (χ0n) is 11.6. The number of para-hydroxylation sites is 1. The first-order valence-electron chi connectivity index (χ1n) is 7.10. The molecule has 1 fully saturated rings. The number of rotatable bonds is 3. The van der Waals surface area contributed by atoms with Crippen LogP contribution in [0, 0.1) is 12.8 Å². The lowest BCUT2D eigenvalue weighted by atomic mass is 9.90. The second-order valence-corrected chi connectivity index (χ2v) is 5.91. The molecule has 0 aromatic heterocycles. The van der Waals surface area contributed by atoms with Crippen LogP contribution in [0.5, 0.6) is 0 Å². The van der Waals surface area contributed by atoms with Crippen LogP contribution in [0.4, 0.5) is 5.69 Å². The third-order valence-corrected chi connectivity index (χ3v) is 4.32. The molecule has 1 aliphatic rings. The van der Waals surface area contributed by atoms with E-state index in [4.69, 9.17) is 0 Å². The number of aryl methyl sites for hydroxylation is 1. The minimum atomic E-state index is -0.114. The fourth-order valence-electron chi connectivity index (χ4n) is 2.90. The summed E-state index contributed by atoms with van der Waals surface area (Å²) in [4.78, 5) is 0. The maximum Gasteiger partial charge on any atom is 0.0661 e. The van der Waals surface area contributed by atoms with E-state index < -0.39 is 0 Å². The Balaban J connectivity index is 2.15. The number of hydrogen-bond donors (Lipinski definition) is 2. The van der Waals surface area contributed by atoms with Crippen molar-refractivity contribution in [1.82, 2.24) is 0 Å². The molecule has 2 atom stereocenters. The number of benzene rings is 1. The van der Waals surface area contributed by atoms with E-state index in [1.54, 1.807) is 0 Å². The highest BCUT2D eigenvalue weighted by Gasteiger charge is 2.31. The van der Waals surface area contributed by atoms with Crippen LogP contribution in [0.15, 0.2) is 24.3 Å². The topological polar surface area (TPSA) is 32.3 Å². The molecule has 0 saturated heterocycles. The first-order valence-corrected chi connectivity index (χ1v) is 7.10. The molecule has 0 heterocycles. The largest absolute Gasteiger partial charge is 0.394 e. The van der Waals surface area contributed by atoms with Crippen LogP contribution < -0.4 is 5.32 Å². The van der Waals surface area contributed by atoms with Crippen molar-refractivity contribution >= 4 is 5.69 Å². The van der Waals surface area contributed by atoms with E-state index in [0.717, 1.165) is 18.8 Å². The molecule has 2 rings (SSSR count). The van der Waals surface area contributed by atoms with Crippen molar-refractivity contribution in [2.75, 3.05) is 11.9 Å². The summed E-state index contributed by atoms with van der Waals surface area (Å²) in [5.74, 6) is 0.789. The van der Waals surface area contributed by atoms with Crippen molar-refractivity contribution in [3.05, 3.63) is 29.8 Å². The molecule has 2 heteroatoms. The van der Waals surface area contributed by atoms with Gasteiger partial charge in [-0.3, -0.25) is 0 Å². The summed E-state index contributed by atoms with van der Waals surface area (Å²) in [6.07, 6.45) is 5.85. The smallest absolute Gasteiger partial charge is 0.0661 e. The molecule has 0 spiro atoms. The Kier molecular flexibility index (Phi) is 4.28. The van der Waals surface area contributed by atoms with Crippen LogP contribution in [-0.2, 0) is 0 Å². The maximum absolute atomic E-state index is 9.84. The minimum absolute atomic E-state index is 0.114. The molecule has 2 unspecified atom stereocenters. The van der Waals surface area contributed by atoms with Gasteiger partial charge in [-0.05, 0) is 43.7 Å². The molecule has 0 bridgehead atoms. The van der Waals surface area contributed by atoms with Gasteiger partial charge in [0.1, 0.15) is 0 Å². The van der Waals surface area contributed by atoms with Crippen LogP contribution in [0.3, 0.4) is 0 Å². The summed E-state index contributed by atoms with van der Waals surface area (Å²) >= 11 is 0. The zero-order valence-corrected chi connectivity index (χ0v) is 11.6. The Morgan fingerprint density at radius 3 is 2.78 bits per heavy atom. The number of aliphatic hydroxyl groups is 1. The normalized spacial score (nSPS) is 28.7. The molecule has 0 aliphatic heterocycles. The van der Waals surface area contributed by atoms with Crippen LogP contribution in [-0.4, -0.2) is 17.3 Å². The van der Waals surface area contributed by atoms with E-state index in [1.807, 2.05) is 0 Å². The quantitative estimate of drug-likeness (QED) is 0.798. The Labute approximate surface area is 110 Å². The van der Waals surface area contributed by atoms with Crippen molar-refractivity contribution in [1.29, 1.82) is 0 Å². The van der Waals surface area contributed by atoms with E-state index in [9.17, 15) is 5.11 Å². The van der Waals surface area contributed by atoms with Gasteiger partial charge in [0.2, 0.25) is 0 Å². The third-order valence-electron chi connectivity index (χ3n) is 4.32. The Bertz CT molecular complexity index is 390. The molecule has 18 heavy (non-hydrogen) atoms. The maximum atomic E-state index is 9.84. The van der Waals surface area contributed by atoms with E-state index in [0.29, 0.717) is 0 Å². The number of nitrogens with one attached hydrogen (secondary N) is 1. The van der Waals surface area contributed by atoms with Gasteiger partial charge in [-0.25, -0.2) is 0 Å². The average Bonchev–Trinajstić information content (AvgIpc) is 2.56. The molecular formula is C16H25NO. The average molecular weight is 247 g/mol. The second-order valence-electron chi connectivity index (χ2n) is 5.91. The molecule has 100 valence electrons. The predicted octanol–water partition coefficient (Wildman–Crippen LogP) is 3.74. The van der Waals surface area contributed by atoms with Gasteiger partial charge in [0.25, 0.3) is 0 Å². The van der Waals surface area contributed by atoms with Crippen molar-refractivity contribution in [3.8, 4) is 0 Å². The summed E-state index contributed by atoms with van der Waals surface area (Å²) in [5, 5.41) is 13.5. The molecule has 0 amide bonds. The standard InChI is InChI=1S/C16H25NO/c1-13-6-5-10-16(12-18,11-9-13)17-15-8-4-3-7-14(15)2/h3-4,7-8,13,17-18H,5-6,9-12H2,1-2H3. The lowest BCUT2D eigenvalue weighted by Gasteiger charge is -2.34. The van der Waals surface area contributed by atoms with E-state index in [-0.39, 0.29) is 12.1 Å². The molecule has 0 radical (unpaired) electrons. The first-order chi connectivity index (χ1) is 8.65. The summed E-state index contributed by atoms with van der Waals surface area (Å²) in [5.41, 5.74) is 2.31. The number of hydrogen-bond acceptors (Lipinski definition) is 2. The summed E-state index contributed by atoms with van der Waals surface area (Å²) in [6.45, 7) is 4.67. The minimum Gasteiger partial charge on any atom is -0.394 e. The van der Waals surface area contributed by atoms with E-state index >= 15 is 0 Å². The van der Waals surface area contributed by atoms with Crippen LogP contribution >= 0.6 is 0 Å². The zero-order chi connectivity index (χ0) is 13.0. The first kappa shape index (κ1) is 13.4. The van der Waals surface area contributed by atoms with Gasteiger partial charge in [0.15, 0.2) is 0 Å². The molecule has 1 saturated carbocycles. The van der Waals surface area contributed by atoms with Crippen LogP contribution in [0.2, 0.25) is 0 Å². The van der Waals surface area contributed by atoms with Crippen molar-refractivity contribution in [3.63, 3.8) is 0 Å². The van der Waals surface area contributed by atoms with E-state index in [1.165, 1.54) is 30.5 Å². The number of anilines is 1. The highest BCUT2D eigenvalue weighted by Crippen LogP contribution is 2.33. The molecule has 1 aromatic carbocycles. The van der Waals surface area contributed by atoms with Gasteiger partial charge in [-0.15, -0.1) is 0 Å². The lowest BCUT2D eigenvalue weighted by Crippen LogP contribution is -2.41. The van der Waals surface area contributed by atoms with Gasteiger partial charge in [-0.2, -0.15) is 0 Å². The van der Waals surface area contributed by atoms with Crippen molar-refractivity contribution in [2.45, 2.75) is 51.5 Å². The van der Waals surface area contributed by atoms with Gasteiger partial charge < -0.3 is 10.4 Å². The van der Waals surface area contributed by atoms with Crippen LogP contribution in [0.25, 0.3) is 0 Å². The second kappa shape index (κ2) is 5.75. The molecule has 1 aliphatic carbocycles. The van der Waals surface area contributed by atoms with Gasteiger partial charge >= 0.3 is 0 Å².